The number of imide groups is 2. The van der Waals surface area contributed by atoms with Gasteiger partial charge in [0.25, 0.3) is 0 Å². The first-order chi connectivity index (χ1) is 7.36. The van der Waals surface area contributed by atoms with Crippen molar-refractivity contribution in [3.05, 3.63) is 0 Å². The number of barbiturate groups is 1. The Morgan fingerprint density at radius 3 is 1.88 bits per heavy atom. The van der Waals surface area contributed by atoms with Crippen LogP contribution in [0.1, 0.15) is 26.7 Å². The van der Waals surface area contributed by atoms with E-state index in [1.807, 2.05) is 13.8 Å². The van der Waals surface area contributed by atoms with Crippen molar-refractivity contribution in [2.24, 2.45) is 11.8 Å². The number of amides is 4. The van der Waals surface area contributed by atoms with Gasteiger partial charge in [-0.15, -0.1) is 0 Å². The molecule has 16 heavy (non-hydrogen) atoms. The maximum absolute atomic E-state index is 11.8. The summed E-state index contributed by atoms with van der Waals surface area (Å²) in [5, 5.41) is 0. The molecular formula is C11H18N2O3. The number of nitrogens with zero attached hydrogens (tertiary/aromatic N) is 2. The standard InChI is InChI=1S/C11H18N2O3/c1-7(2)5-6-8-9(14)12(3)11(16)13(4)10(8)15/h7-8H,5-6H2,1-4H3. The van der Waals surface area contributed by atoms with Gasteiger partial charge in [0.15, 0.2) is 0 Å². The molecule has 1 aliphatic heterocycles. The number of hydrogen-bond donors (Lipinski definition) is 0. The molecule has 0 saturated carbocycles. The molecule has 0 bridgehead atoms. The molecule has 1 heterocycles. The molecule has 0 spiro atoms. The third-order valence-corrected chi connectivity index (χ3v) is 2.86. The predicted molar refractivity (Wildman–Crippen MR) is 58.5 cm³/mol. The predicted octanol–water partition coefficient (Wildman–Crippen LogP) is 1.09. The van der Waals surface area contributed by atoms with Crippen LogP contribution in [-0.4, -0.2) is 41.7 Å². The van der Waals surface area contributed by atoms with E-state index in [0.29, 0.717) is 12.3 Å². The van der Waals surface area contributed by atoms with Gasteiger partial charge in [0.05, 0.1) is 0 Å². The SMILES string of the molecule is CC(C)CCC1C(=O)N(C)C(=O)N(C)C1=O. The van der Waals surface area contributed by atoms with Gasteiger partial charge in [0.1, 0.15) is 5.92 Å². The van der Waals surface area contributed by atoms with Crippen molar-refractivity contribution in [3.63, 3.8) is 0 Å². The van der Waals surface area contributed by atoms with E-state index < -0.39 is 11.9 Å². The molecule has 0 radical (unpaired) electrons. The highest BCUT2D eigenvalue weighted by molar-refractivity contribution is 6.15. The monoisotopic (exact) mass is 226 g/mol. The van der Waals surface area contributed by atoms with Gasteiger partial charge in [-0.2, -0.15) is 0 Å². The van der Waals surface area contributed by atoms with Crippen LogP contribution in [0.4, 0.5) is 4.79 Å². The van der Waals surface area contributed by atoms with E-state index in [-0.39, 0.29) is 11.8 Å². The Hall–Kier alpha value is -1.39. The fourth-order valence-electron chi connectivity index (χ4n) is 1.73. The maximum atomic E-state index is 11.8. The molecule has 0 unspecified atom stereocenters. The first kappa shape index (κ1) is 12.7. The fraction of sp³-hybridized carbons (Fsp3) is 0.727. The number of rotatable bonds is 3. The largest absolute Gasteiger partial charge is 0.332 e. The van der Waals surface area contributed by atoms with E-state index in [9.17, 15) is 14.4 Å². The zero-order valence-corrected chi connectivity index (χ0v) is 10.2. The summed E-state index contributed by atoms with van der Waals surface area (Å²) in [7, 11) is 2.83. The second kappa shape index (κ2) is 4.63. The van der Waals surface area contributed by atoms with E-state index in [4.69, 9.17) is 0 Å². The van der Waals surface area contributed by atoms with Crippen LogP contribution in [0.2, 0.25) is 0 Å². The summed E-state index contributed by atoms with van der Waals surface area (Å²) in [6.45, 7) is 4.08. The lowest BCUT2D eigenvalue weighted by molar-refractivity contribution is -0.148. The van der Waals surface area contributed by atoms with Crippen molar-refractivity contribution in [2.75, 3.05) is 14.1 Å². The zero-order chi connectivity index (χ0) is 12.5. The minimum atomic E-state index is -0.685. The first-order valence-electron chi connectivity index (χ1n) is 5.45. The Balaban J connectivity index is 2.79. The summed E-state index contributed by atoms with van der Waals surface area (Å²) in [5.74, 6) is -1.01. The summed E-state index contributed by atoms with van der Waals surface area (Å²) >= 11 is 0. The second-order valence-corrected chi connectivity index (χ2v) is 4.60. The molecule has 0 aliphatic carbocycles. The highest BCUT2D eigenvalue weighted by atomic mass is 16.2. The normalized spacial score (nSPS) is 18.9. The van der Waals surface area contributed by atoms with Crippen LogP contribution in [0.15, 0.2) is 0 Å². The van der Waals surface area contributed by atoms with Gasteiger partial charge in [0.2, 0.25) is 11.8 Å². The Kier molecular flexibility index (Phi) is 3.67. The van der Waals surface area contributed by atoms with E-state index in [1.54, 1.807) is 0 Å². The van der Waals surface area contributed by atoms with Gasteiger partial charge in [-0.1, -0.05) is 13.8 Å². The average molecular weight is 226 g/mol. The first-order valence-corrected chi connectivity index (χ1v) is 5.45. The van der Waals surface area contributed by atoms with Crippen molar-refractivity contribution in [1.82, 2.24) is 9.80 Å². The van der Waals surface area contributed by atoms with Crippen molar-refractivity contribution in [1.29, 1.82) is 0 Å². The second-order valence-electron chi connectivity index (χ2n) is 4.60. The van der Waals surface area contributed by atoms with E-state index >= 15 is 0 Å². The third kappa shape index (κ3) is 2.23. The van der Waals surface area contributed by atoms with Crippen molar-refractivity contribution < 1.29 is 14.4 Å². The summed E-state index contributed by atoms with van der Waals surface area (Å²) < 4.78 is 0. The lowest BCUT2D eigenvalue weighted by atomic mass is 9.94. The van der Waals surface area contributed by atoms with Crippen molar-refractivity contribution in [3.8, 4) is 0 Å². The highest BCUT2D eigenvalue weighted by Crippen LogP contribution is 2.21. The lowest BCUT2D eigenvalue weighted by Crippen LogP contribution is -2.56. The number of carbonyl (C=O) groups is 3. The molecule has 0 aromatic heterocycles. The third-order valence-electron chi connectivity index (χ3n) is 2.86. The Bertz CT molecular complexity index is 301. The van der Waals surface area contributed by atoms with Gasteiger partial charge in [0, 0.05) is 14.1 Å². The fourth-order valence-corrected chi connectivity index (χ4v) is 1.73. The minimum Gasteiger partial charge on any atom is -0.273 e. The van der Waals surface area contributed by atoms with Crippen LogP contribution in [0.5, 0.6) is 0 Å². The van der Waals surface area contributed by atoms with E-state index in [1.165, 1.54) is 14.1 Å². The number of carbonyl (C=O) groups excluding carboxylic acids is 3. The summed E-state index contributed by atoms with van der Waals surface area (Å²) in [6, 6.07) is -0.546. The molecule has 4 amide bonds. The summed E-state index contributed by atoms with van der Waals surface area (Å²) in [4.78, 5) is 37.0. The number of urea groups is 1. The Morgan fingerprint density at radius 1 is 1.06 bits per heavy atom. The van der Waals surface area contributed by atoms with Crippen LogP contribution in [0.3, 0.4) is 0 Å². The van der Waals surface area contributed by atoms with Crippen LogP contribution in [-0.2, 0) is 9.59 Å². The molecule has 1 rings (SSSR count). The molecule has 0 atom stereocenters. The molecule has 0 N–H and O–H groups in total. The minimum absolute atomic E-state index is 0.381. The summed E-state index contributed by atoms with van der Waals surface area (Å²) in [6.07, 6.45) is 1.31. The summed E-state index contributed by atoms with van der Waals surface area (Å²) in [5.41, 5.74) is 0. The molecule has 1 saturated heterocycles. The van der Waals surface area contributed by atoms with Gasteiger partial charge in [-0.05, 0) is 18.8 Å². The van der Waals surface area contributed by atoms with Crippen LogP contribution in [0.25, 0.3) is 0 Å². The quantitative estimate of drug-likeness (QED) is 0.677. The van der Waals surface area contributed by atoms with Crippen LogP contribution in [0, 0.1) is 11.8 Å². The van der Waals surface area contributed by atoms with Gasteiger partial charge < -0.3 is 0 Å². The number of hydrogen-bond acceptors (Lipinski definition) is 3. The Labute approximate surface area is 95.4 Å². The van der Waals surface area contributed by atoms with E-state index in [2.05, 4.69) is 0 Å². The topological polar surface area (TPSA) is 57.7 Å². The van der Waals surface area contributed by atoms with Gasteiger partial charge in [-0.25, -0.2) is 4.79 Å². The van der Waals surface area contributed by atoms with Gasteiger partial charge in [-0.3, -0.25) is 19.4 Å². The molecule has 5 nitrogen and oxygen atoms in total. The lowest BCUT2D eigenvalue weighted by Gasteiger charge is -2.33. The van der Waals surface area contributed by atoms with Gasteiger partial charge >= 0.3 is 6.03 Å². The molecule has 0 aromatic carbocycles. The molecule has 1 aliphatic rings. The smallest absolute Gasteiger partial charge is 0.273 e. The van der Waals surface area contributed by atoms with Crippen molar-refractivity contribution >= 4 is 17.8 Å². The highest BCUT2D eigenvalue weighted by Gasteiger charge is 2.41. The van der Waals surface area contributed by atoms with Crippen molar-refractivity contribution in [2.45, 2.75) is 26.7 Å². The Morgan fingerprint density at radius 2 is 1.50 bits per heavy atom. The molecule has 90 valence electrons. The van der Waals surface area contributed by atoms with Crippen LogP contribution >= 0.6 is 0 Å². The molecular weight excluding hydrogens is 208 g/mol. The molecule has 0 aromatic rings. The average Bonchev–Trinajstić information content (AvgIpc) is 2.23. The molecule has 5 heteroatoms. The molecule has 1 fully saturated rings. The zero-order valence-electron chi connectivity index (χ0n) is 10.2. The van der Waals surface area contributed by atoms with E-state index in [0.717, 1.165) is 16.2 Å². The maximum Gasteiger partial charge on any atom is 0.332 e. The van der Waals surface area contributed by atoms with Crippen LogP contribution < -0.4 is 0 Å².